The molecule has 0 bridgehead atoms. The van der Waals surface area contributed by atoms with Gasteiger partial charge in [0, 0.05) is 14.2 Å². The van der Waals surface area contributed by atoms with Crippen LogP contribution in [0.2, 0.25) is 0 Å². The minimum Gasteiger partial charge on any atom is -0.382 e. The summed E-state index contributed by atoms with van der Waals surface area (Å²) in [5, 5.41) is 5.59. The topological polar surface area (TPSA) is 78.1 Å². The average Bonchev–Trinajstić information content (AvgIpc) is 2.39. The number of amides is 2. The molecule has 2 amide bonds. The number of carbonyl (C=O) groups is 1. The molecular formula is C13H28N2O5. The predicted molar refractivity (Wildman–Crippen MR) is 76.0 cm³/mol. The zero-order valence-corrected chi connectivity index (χ0v) is 12.9. The molecule has 0 aliphatic rings. The summed E-state index contributed by atoms with van der Waals surface area (Å²) >= 11 is 0. The highest BCUT2D eigenvalue weighted by atomic mass is 16.5. The second-order valence-electron chi connectivity index (χ2n) is 4.56. The molecule has 0 saturated carbocycles. The summed E-state index contributed by atoms with van der Waals surface area (Å²) in [4.78, 5) is 11.7. The van der Waals surface area contributed by atoms with E-state index in [1.165, 1.54) is 0 Å². The first-order valence-corrected chi connectivity index (χ1v) is 6.80. The second kappa shape index (κ2) is 13.1. The van der Waals surface area contributed by atoms with Crippen LogP contribution >= 0.6 is 0 Å². The first kappa shape index (κ1) is 19.1. The van der Waals surface area contributed by atoms with Gasteiger partial charge in [-0.2, -0.15) is 0 Å². The van der Waals surface area contributed by atoms with Crippen molar-refractivity contribution in [1.29, 1.82) is 0 Å². The van der Waals surface area contributed by atoms with Gasteiger partial charge in [-0.25, -0.2) is 4.79 Å². The molecule has 2 atom stereocenters. The van der Waals surface area contributed by atoms with Crippen molar-refractivity contribution in [1.82, 2.24) is 10.6 Å². The number of ether oxygens (including phenoxy) is 4. The molecule has 7 heteroatoms. The zero-order valence-electron chi connectivity index (χ0n) is 12.9. The van der Waals surface area contributed by atoms with Crippen molar-refractivity contribution >= 4 is 6.03 Å². The summed E-state index contributed by atoms with van der Waals surface area (Å²) in [7, 11) is 3.24. The SMILES string of the molecule is COCCOCC(C)NC(=O)NC(C)COCCOC. The van der Waals surface area contributed by atoms with Gasteiger partial charge in [-0.05, 0) is 13.8 Å². The average molecular weight is 292 g/mol. The monoisotopic (exact) mass is 292 g/mol. The normalized spacial score (nSPS) is 13.8. The molecule has 0 aliphatic carbocycles. The number of hydrogen-bond acceptors (Lipinski definition) is 5. The minimum atomic E-state index is -0.226. The van der Waals surface area contributed by atoms with Gasteiger partial charge in [0.1, 0.15) is 0 Å². The number of methoxy groups -OCH3 is 2. The third-order valence-electron chi connectivity index (χ3n) is 2.35. The van der Waals surface area contributed by atoms with Gasteiger partial charge in [0.05, 0.1) is 51.7 Å². The maximum absolute atomic E-state index is 11.7. The largest absolute Gasteiger partial charge is 0.382 e. The molecule has 0 aliphatic heterocycles. The molecule has 0 aromatic rings. The Balaban J connectivity index is 3.59. The first-order valence-electron chi connectivity index (χ1n) is 6.80. The van der Waals surface area contributed by atoms with E-state index in [2.05, 4.69) is 10.6 Å². The maximum atomic E-state index is 11.7. The van der Waals surface area contributed by atoms with E-state index in [1.807, 2.05) is 13.8 Å². The molecule has 20 heavy (non-hydrogen) atoms. The van der Waals surface area contributed by atoms with E-state index < -0.39 is 0 Å². The highest BCUT2D eigenvalue weighted by Gasteiger charge is 2.10. The first-order chi connectivity index (χ1) is 9.60. The van der Waals surface area contributed by atoms with Crippen molar-refractivity contribution < 1.29 is 23.7 Å². The third kappa shape index (κ3) is 12.2. The van der Waals surface area contributed by atoms with Gasteiger partial charge in [0.25, 0.3) is 0 Å². The van der Waals surface area contributed by atoms with Crippen LogP contribution < -0.4 is 10.6 Å². The van der Waals surface area contributed by atoms with Gasteiger partial charge < -0.3 is 29.6 Å². The molecular weight excluding hydrogens is 264 g/mol. The van der Waals surface area contributed by atoms with Crippen LogP contribution in [0, 0.1) is 0 Å². The minimum absolute atomic E-state index is 0.0616. The Labute approximate surface area is 121 Å². The Hall–Kier alpha value is -0.890. The van der Waals surface area contributed by atoms with Crippen molar-refractivity contribution in [3.63, 3.8) is 0 Å². The predicted octanol–water partition coefficient (Wildman–Crippen LogP) is 0.389. The fraction of sp³-hybridized carbons (Fsp3) is 0.923. The molecule has 0 rings (SSSR count). The number of carbonyl (C=O) groups excluding carboxylic acids is 1. The van der Waals surface area contributed by atoms with Gasteiger partial charge in [-0.3, -0.25) is 0 Å². The quantitative estimate of drug-likeness (QED) is 0.509. The second-order valence-corrected chi connectivity index (χ2v) is 4.56. The van der Waals surface area contributed by atoms with E-state index >= 15 is 0 Å². The van der Waals surface area contributed by atoms with E-state index in [1.54, 1.807) is 14.2 Å². The number of nitrogens with one attached hydrogen (secondary N) is 2. The highest BCUT2D eigenvalue weighted by molar-refractivity contribution is 5.74. The van der Waals surface area contributed by atoms with Crippen LogP contribution in [0.5, 0.6) is 0 Å². The Kier molecular flexibility index (Phi) is 12.5. The molecule has 0 saturated heterocycles. The summed E-state index contributed by atoms with van der Waals surface area (Å²) in [6.45, 7) is 6.81. The lowest BCUT2D eigenvalue weighted by Gasteiger charge is -2.18. The molecule has 0 aromatic carbocycles. The van der Waals surface area contributed by atoms with Crippen molar-refractivity contribution in [3.8, 4) is 0 Å². The van der Waals surface area contributed by atoms with Crippen LogP contribution in [-0.2, 0) is 18.9 Å². The summed E-state index contributed by atoms with van der Waals surface area (Å²) < 4.78 is 20.4. The Morgan fingerprint density at radius 3 is 1.60 bits per heavy atom. The van der Waals surface area contributed by atoms with Crippen LogP contribution in [-0.4, -0.2) is 72.0 Å². The Morgan fingerprint density at radius 2 is 1.25 bits per heavy atom. The van der Waals surface area contributed by atoms with Crippen LogP contribution in [0.4, 0.5) is 4.79 Å². The van der Waals surface area contributed by atoms with Gasteiger partial charge in [-0.15, -0.1) is 0 Å². The lowest BCUT2D eigenvalue weighted by Crippen LogP contribution is -2.47. The van der Waals surface area contributed by atoms with Crippen LogP contribution in [0.15, 0.2) is 0 Å². The lowest BCUT2D eigenvalue weighted by atomic mass is 10.3. The van der Waals surface area contributed by atoms with Crippen molar-refractivity contribution in [2.24, 2.45) is 0 Å². The van der Waals surface area contributed by atoms with Crippen LogP contribution in [0.25, 0.3) is 0 Å². The Bertz CT molecular complexity index is 219. The highest BCUT2D eigenvalue weighted by Crippen LogP contribution is 1.88. The van der Waals surface area contributed by atoms with E-state index in [-0.39, 0.29) is 18.1 Å². The molecule has 0 radical (unpaired) electrons. The standard InChI is InChI=1S/C13H28N2O5/c1-11(9-19-7-5-17-3)14-13(16)15-12(2)10-20-8-6-18-4/h11-12H,5-10H2,1-4H3,(H2,14,15,16). The molecule has 0 spiro atoms. The maximum Gasteiger partial charge on any atom is 0.315 e. The van der Waals surface area contributed by atoms with E-state index in [9.17, 15) is 4.79 Å². The molecule has 0 aromatic heterocycles. The van der Waals surface area contributed by atoms with E-state index in [0.717, 1.165) is 0 Å². The number of rotatable bonds is 12. The summed E-state index contributed by atoms with van der Waals surface area (Å²) in [6, 6.07) is -0.349. The van der Waals surface area contributed by atoms with E-state index in [4.69, 9.17) is 18.9 Å². The van der Waals surface area contributed by atoms with Gasteiger partial charge in [0.2, 0.25) is 0 Å². The van der Waals surface area contributed by atoms with Crippen molar-refractivity contribution in [2.45, 2.75) is 25.9 Å². The lowest BCUT2D eigenvalue weighted by molar-refractivity contribution is 0.0593. The molecule has 120 valence electrons. The fourth-order valence-corrected chi connectivity index (χ4v) is 1.38. The molecule has 2 unspecified atom stereocenters. The van der Waals surface area contributed by atoms with Crippen molar-refractivity contribution in [3.05, 3.63) is 0 Å². The molecule has 2 N–H and O–H groups in total. The fourth-order valence-electron chi connectivity index (χ4n) is 1.38. The van der Waals surface area contributed by atoms with E-state index in [0.29, 0.717) is 39.6 Å². The van der Waals surface area contributed by atoms with Crippen LogP contribution in [0.3, 0.4) is 0 Å². The number of urea groups is 1. The molecule has 7 nitrogen and oxygen atoms in total. The third-order valence-corrected chi connectivity index (χ3v) is 2.35. The van der Waals surface area contributed by atoms with Gasteiger partial charge in [-0.1, -0.05) is 0 Å². The molecule has 0 heterocycles. The van der Waals surface area contributed by atoms with Crippen molar-refractivity contribution in [2.75, 3.05) is 53.9 Å². The van der Waals surface area contributed by atoms with Gasteiger partial charge >= 0.3 is 6.03 Å². The number of hydrogen-bond donors (Lipinski definition) is 2. The summed E-state index contributed by atoms with van der Waals surface area (Å²) in [5.74, 6) is 0. The zero-order chi connectivity index (χ0) is 15.2. The smallest absolute Gasteiger partial charge is 0.315 e. The van der Waals surface area contributed by atoms with Crippen LogP contribution in [0.1, 0.15) is 13.8 Å². The molecule has 0 fully saturated rings. The summed E-state index contributed by atoms with van der Waals surface area (Å²) in [5.41, 5.74) is 0. The van der Waals surface area contributed by atoms with Gasteiger partial charge in [0.15, 0.2) is 0 Å². The Morgan fingerprint density at radius 1 is 0.850 bits per heavy atom. The summed E-state index contributed by atoms with van der Waals surface area (Å²) in [6.07, 6.45) is 0.